The Balaban J connectivity index is 1.05. The van der Waals surface area contributed by atoms with Crippen LogP contribution < -0.4 is 10.9 Å². The minimum Gasteiger partial charge on any atom is -0.446 e. The van der Waals surface area contributed by atoms with Crippen molar-refractivity contribution in [2.24, 2.45) is 28.6 Å². The van der Waals surface area contributed by atoms with Crippen LogP contribution in [0.4, 0.5) is 4.79 Å². The van der Waals surface area contributed by atoms with Gasteiger partial charge < -0.3 is 19.6 Å². The van der Waals surface area contributed by atoms with Crippen LogP contribution in [0.5, 0.6) is 0 Å². The molecule has 208 valence electrons. The van der Waals surface area contributed by atoms with Gasteiger partial charge in [0.25, 0.3) is 0 Å². The van der Waals surface area contributed by atoms with E-state index in [-0.39, 0.29) is 29.3 Å². The number of likely N-dealkylation sites (tertiary alicyclic amines) is 1. The van der Waals surface area contributed by atoms with E-state index in [0.29, 0.717) is 42.2 Å². The number of aliphatic hydroxyl groups is 1. The smallest absolute Gasteiger partial charge is 0.407 e. The number of rotatable bonds is 5. The van der Waals surface area contributed by atoms with Gasteiger partial charge in [0.1, 0.15) is 6.10 Å². The van der Waals surface area contributed by atoms with Crippen LogP contribution in [0.2, 0.25) is 0 Å². The molecule has 1 saturated heterocycles. The Morgan fingerprint density at radius 1 is 1.18 bits per heavy atom. The molecule has 5 aliphatic rings. The van der Waals surface area contributed by atoms with Gasteiger partial charge in [0.05, 0.1) is 12.4 Å². The fourth-order valence-corrected chi connectivity index (χ4v) is 9.25. The molecule has 1 aromatic rings. The van der Waals surface area contributed by atoms with E-state index in [1.807, 2.05) is 6.07 Å². The molecule has 0 unspecified atom stereocenters. The van der Waals surface area contributed by atoms with Crippen LogP contribution >= 0.6 is 0 Å². The third kappa shape index (κ3) is 4.64. The number of hydrogen-bond donors (Lipinski definition) is 2. The molecule has 4 aliphatic carbocycles. The third-order valence-corrected chi connectivity index (χ3v) is 11.4. The molecule has 38 heavy (non-hydrogen) atoms. The van der Waals surface area contributed by atoms with Crippen LogP contribution in [-0.4, -0.2) is 54.5 Å². The summed E-state index contributed by atoms with van der Waals surface area (Å²) >= 11 is 0. The molecule has 0 bridgehead atoms. The Kier molecular flexibility index (Phi) is 6.96. The average Bonchev–Trinajstić information content (AvgIpc) is 3.47. The summed E-state index contributed by atoms with van der Waals surface area (Å²) in [6.07, 6.45) is 13.5. The van der Waals surface area contributed by atoms with Gasteiger partial charge in [-0.25, -0.2) is 9.59 Å². The highest BCUT2D eigenvalue weighted by atomic mass is 16.6. The van der Waals surface area contributed by atoms with Crippen LogP contribution in [-0.2, 0) is 4.74 Å². The second-order valence-corrected chi connectivity index (χ2v) is 13.3. The zero-order valence-electron chi connectivity index (χ0n) is 23.0. The number of nitrogens with one attached hydrogen (secondary N) is 1. The highest BCUT2D eigenvalue weighted by Crippen LogP contribution is 2.67. The van der Waals surface area contributed by atoms with Crippen LogP contribution in [0.15, 0.2) is 39.3 Å². The Labute approximate surface area is 226 Å². The topological polar surface area (TPSA) is 92.0 Å². The van der Waals surface area contributed by atoms with E-state index in [1.165, 1.54) is 25.7 Å². The first-order valence-electron chi connectivity index (χ1n) is 14.9. The number of carbonyl (C=O) groups is 1. The molecule has 7 nitrogen and oxygen atoms in total. The second-order valence-electron chi connectivity index (χ2n) is 13.3. The summed E-state index contributed by atoms with van der Waals surface area (Å²) in [7, 11) is 0. The predicted octanol–water partition coefficient (Wildman–Crippen LogP) is 4.85. The summed E-state index contributed by atoms with van der Waals surface area (Å²) in [5.74, 6) is 2.33. The van der Waals surface area contributed by atoms with Crippen molar-refractivity contribution < 1.29 is 19.1 Å². The number of hydrogen-bond acceptors (Lipinski definition) is 6. The highest BCUT2D eigenvalue weighted by molar-refractivity contribution is 5.67. The number of fused-ring (bicyclic) bond motifs is 5. The fraction of sp³-hybridized carbons (Fsp3) is 0.742. The van der Waals surface area contributed by atoms with Crippen molar-refractivity contribution >= 4 is 6.09 Å². The quantitative estimate of drug-likeness (QED) is 0.535. The SMILES string of the molecule is C[C@]12CC[C@H](OC(=O)NCCN3CC[C@H](O)C3)C[C@H]1CC[C@H]1C3=CC[C@H](c4ccc(=O)oc4)[C@@]3(C)CC[C@@H]12. The van der Waals surface area contributed by atoms with Gasteiger partial charge in [-0.15, -0.1) is 0 Å². The Hall–Kier alpha value is -2.12. The molecule has 6 rings (SSSR count). The summed E-state index contributed by atoms with van der Waals surface area (Å²) in [6.45, 7) is 7.88. The normalized spacial score (nSPS) is 40.6. The van der Waals surface area contributed by atoms with E-state index < -0.39 is 0 Å². The van der Waals surface area contributed by atoms with Gasteiger partial charge in [0.15, 0.2) is 0 Å². The lowest BCUT2D eigenvalue weighted by molar-refractivity contribution is -0.0842. The molecule has 0 radical (unpaired) electrons. The number of carbonyl (C=O) groups excluding carboxylic acids is 1. The van der Waals surface area contributed by atoms with Gasteiger partial charge in [-0.05, 0) is 104 Å². The van der Waals surface area contributed by atoms with E-state index in [0.717, 1.165) is 50.8 Å². The monoisotopic (exact) mass is 524 g/mol. The molecule has 3 saturated carbocycles. The zero-order valence-corrected chi connectivity index (χ0v) is 23.0. The number of allylic oxidation sites excluding steroid dienone is 2. The number of β-amino-alcohol motifs (C(OH)–C–C–N with tert-alkyl or cyclic N) is 1. The summed E-state index contributed by atoms with van der Waals surface area (Å²) in [4.78, 5) is 26.2. The van der Waals surface area contributed by atoms with Crippen molar-refractivity contribution in [2.75, 3.05) is 26.2 Å². The minimum absolute atomic E-state index is 0.00917. The van der Waals surface area contributed by atoms with Crippen molar-refractivity contribution in [3.8, 4) is 0 Å². The second kappa shape index (κ2) is 10.1. The first-order chi connectivity index (χ1) is 18.3. The van der Waals surface area contributed by atoms with Gasteiger partial charge in [-0.3, -0.25) is 4.90 Å². The summed E-state index contributed by atoms with van der Waals surface area (Å²) in [5, 5.41) is 12.6. The first kappa shape index (κ1) is 26.1. The van der Waals surface area contributed by atoms with Gasteiger partial charge in [-0.1, -0.05) is 25.5 Å². The van der Waals surface area contributed by atoms with Crippen molar-refractivity contribution in [1.82, 2.24) is 10.2 Å². The largest absolute Gasteiger partial charge is 0.446 e. The Morgan fingerprint density at radius 3 is 2.82 bits per heavy atom. The zero-order chi connectivity index (χ0) is 26.5. The minimum atomic E-state index is -0.292. The maximum Gasteiger partial charge on any atom is 0.407 e. The van der Waals surface area contributed by atoms with Crippen LogP contribution in [0.3, 0.4) is 0 Å². The van der Waals surface area contributed by atoms with E-state index in [2.05, 4.69) is 30.1 Å². The molecular formula is C31H44N2O5. The number of alkyl carbamates (subject to hydrolysis) is 1. The van der Waals surface area contributed by atoms with Gasteiger partial charge >= 0.3 is 11.7 Å². The van der Waals surface area contributed by atoms with Crippen LogP contribution in [0, 0.1) is 28.6 Å². The maximum atomic E-state index is 12.5. The number of amides is 1. The van der Waals surface area contributed by atoms with Crippen molar-refractivity contribution in [3.63, 3.8) is 0 Å². The lowest BCUT2D eigenvalue weighted by Crippen LogP contribution is -2.52. The van der Waals surface area contributed by atoms with E-state index in [1.54, 1.807) is 17.9 Å². The molecule has 8 atom stereocenters. The molecule has 2 heterocycles. The highest BCUT2D eigenvalue weighted by Gasteiger charge is 2.58. The summed E-state index contributed by atoms with van der Waals surface area (Å²) in [5.41, 5.74) is 2.99. The van der Waals surface area contributed by atoms with Crippen molar-refractivity contribution in [2.45, 2.75) is 89.8 Å². The van der Waals surface area contributed by atoms with Gasteiger partial charge in [0, 0.05) is 32.2 Å². The summed E-state index contributed by atoms with van der Waals surface area (Å²) in [6, 6.07) is 3.53. The average molecular weight is 525 g/mol. The maximum absolute atomic E-state index is 12.5. The van der Waals surface area contributed by atoms with E-state index in [9.17, 15) is 14.7 Å². The molecule has 0 spiro atoms. The molecule has 1 amide bonds. The summed E-state index contributed by atoms with van der Waals surface area (Å²) < 4.78 is 11.1. The predicted molar refractivity (Wildman–Crippen MR) is 145 cm³/mol. The standard InChI is InChI=1S/C31H44N2O5/c1-30-12-9-23(38-29(36)32-14-16-33-15-11-22(34)18-33)17-21(30)4-5-24-26-7-6-25(20-3-8-28(35)37-19-20)31(26,2)13-10-27(24)30/h3,7-8,19,21-25,27,34H,4-6,9-18H2,1-2H3,(H,32,36)/t21-,22+,23+,24+,25-,27+,30+,31-/m1/s1. The molecule has 2 N–H and O–H groups in total. The third-order valence-electron chi connectivity index (χ3n) is 11.4. The lowest BCUT2D eigenvalue weighted by Gasteiger charge is -2.59. The molecule has 7 heteroatoms. The molecule has 1 aromatic heterocycles. The van der Waals surface area contributed by atoms with E-state index in [4.69, 9.17) is 9.15 Å². The van der Waals surface area contributed by atoms with Crippen molar-refractivity contribution in [1.29, 1.82) is 0 Å². The Bertz CT molecular complexity index is 1110. The Morgan fingerprint density at radius 2 is 2.05 bits per heavy atom. The van der Waals surface area contributed by atoms with Crippen LogP contribution in [0.25, 0.3) is 0 Å². The molecule has 0 aromatic carbocycles. The lowest BCUT2D eigenvalue weighted by atomic mass is 9.46. The fourth-order valence-electron chi connectivity index (χ4n) is 9.25. The van der Waals surface area contributed by atoms with Crippen molar-refractivity contribution in [3.05, 3.63) is 46.0 Å². The van der Waals surface area contributed by atoms with E-state index >= 15 is 0 Å². The number of ether oxygens (including phenoxy) is 1. The van der Waals surface area contributed by atoms with Crippen LogP contribution in [0.1, 0.15) is 83.1 Å². The molecular weight excluding hydrogens is 480 g/mol. The number of aliphatic hydroxyl groups excluding tert-OH is 1. The first-order valence-corrected chi connectivity index (χ1v) is 14.9. The number of nitrogens with zero attached hydrogens (tertiary/aromatic N) is 1. The molecule has 4 fully saturated rings. The van der Waals surface area contributed by atoms with Gasteiger partial charge in [0.2, 0.25) is 0 Å². The molecule has 1 aliphatic heterocycles. The van der Waals surface area contributed by atoms with Gasteiger partial charge in [-0.2, -0.15) is 0 Å².